The van der Waals surface area contributed by atoms with Crippen LogP contribution in [0.4, 0.5) is 4.79 Å². The Morgan fingerprint density at radius 2 is 1.86 bits per heavy atom. The normalized spacial score (nSPS) is 13.5. The first-order valence-electron chi connectivity index (χ1n) is 7.29. The summed E-state index contributed by atoms with van der Waals surface area (Å²) in [5.74, 6) is -1.09. The second-order valence-corrected chi connectivity index (χ2v) is 7.28. The molecule has 22 heavy (non-hydrogen) atoms. The Morgan fingerprint density at radius 3 is 2.32 bits per heavy atom. The van der Waals surface area contributed by atoms with Crippen LogP contribution in [0, 0.1) is 0 Å². The molecule has 1 heterocycles. The highest BCUT2D eigenvalue weighted by molar-refractivity contribution is 5.80. The summed E-state index contributed by atoms with van der Waals surface area (Å²) in [6.45, 7) is 11.3. The molecule has 124 valence electrons. The van der Waals surface area contributed by atoms with Gasteiger partial charge in [-0.25, -0.2) is 9.59 Å². The molecule has 1 unspecified atom stereocenters. The number of hydrogen-bond donors (Lipinski definition) is 2. The molecule has 0 saturated heterocycles. The third kappa shape index (κ3) is 5.42. The van der Waals surface area contributed by atoms with Crippen molar-refractivity contribution in [3.63, 3.8) is 0 Å². The van der Waals surface area contributed by atoms with E-state index in [0.717, 1.165) is 5.69 Å². The molecule has 6 heteroatoms. The fourth-order valence-corrected chi connectivity index (χ4v) is 2.10. The van der Waals surface area contributed by atoms with E-state index in [4.69, 9.17) is 4.74 Å². The van der Waals surface area contributed by atoms with E-state index in [2.05, 4.69) is 5.32 Å². The number of hydrogen-bond acceptors (Lipinski definition) is 3. The van der Waals surface area contributed by atoms with Gasteiger partial charge in [0.1, 0.15) is 11.6 Å². The van der Waals surface area contributed by atoms with Crippen LogP contribution in [0.3, 0.4) is 0 Å². The molecule has 0 aliphatic heterocycles. The number of nitrogens with zero attached hydrogens (tertiary/aromatic N) is 1. The maximum atomic E-state index is 11.8. The minimum atomic E-state index is -1.09. The summed E-state index contributed by atoms with van der Waals surface area (Å²) in [4.78, 5) is 23.2. The van der Waals surface area contributed by atoms with Crippen molar-refractivity contribution in [2.45, 2.75) is 65.1 Å². The summed E-state index contributed by atoms with van der Waals surface area (Å²) < 4.78 is 7.11. The van der Waals surface area contributed by atoms with E-state index < -0.39 is 23.7 Å². The Kier molecular flexibility index (Phi) is 5.27. The zero-order valence-corrected chi connectivity index (χ0v) is 14.1. The highest BCUT2D eigenvalue weighted by Gasteiger charge is 2.26. The first kappa shape index (κ1) is 18.1. The fraction of sp³-hybridized carbons (Fsp3) is 0.625. The zero-order chi connectivity index (χ0) is 17.1. The van der Waals surface area contributed by atoms with Gasteiger partial charge in [0.05, 0.1) is 0 Å². The van der Waals surface area contributed by atoms with Gasteiger partial charge in [0, 0.05) is 23.9 Å². The lowest BCUT2D eigenvalue weighted by molar-refractivity contribution is -0.139. The molecule has 0 aliphatic carbocycles. The molecule has 0 saturated carbocycles. The number of carboxylic acid groups (broad SMARTS) is 1. The van der Waals surface area contributed by atoms with Crippen molar-refractivity contribution in [1.29, 1.82) is 0 Å². The first-order chi connectivity index (χ1) is 9.90. The van der Waals surface area contributed by atoms with Gasteiger partial charge in [0.15, 0.2) is 0 Å². The quantitative estimate of drug-likeness (QED) is 0.896. The van der Waals surface area contributed by atoms with E-state index in [1.807, 2.05) is 43.7 Å². The van der Waals surface area contributed by atoms with E-state index in [9.17, 15) is 14.7 Å². The molecule has 0 bridgehead atoms. The topological polar surface area (TPSA) is 80.6 Å². The Bertz CT molecular complexity index is 535. The van der Waals surface area contributed by atoms with Gasteiger partial charge in [-0.1, -0.05) is 0 Å². The molecule has 1 aromatic rings. The molecule has 0 aromatic carbocycles. The second-order valence-electron chi connectivity index (χ2n) is 7.28. The second kappa shape index (κ2) is 6.42. The minimum absolute atomic E-state index is 0.159. The van der Waals surface area contributed by atoms with E-state index in [0.29, 0.717) is 0 Å². The number of rotatable bonds is 4. The summed E-state index contributed by atoms with van der Waals surface area (Å²) >= 11 is 0. The number of carboxylic acids is 1. The standard InChI is InChI=1S/C16H26N2O4/c1-15(2,3)18-9-7-8-11(18)10-12(13(19)20)17-14(21)22-16(4,5)6/h7-9,12H,10H2,1-6H3,(H,17,21)(H,19,20). The number of ether oxygens (including phenoxy) is 1. The number of amides is 1. The maximum Gasteiger partial charge on any atom is 0.408 e. The summed E-state index contributed by atoms with van der Waals surface area (Å²) in [7, 11) is 0. The number of aliphatic carboxylic acids is 1. The number of carbonyl (C=O) groups is 2. The molecule has 6 nitrogen and oxygen atoms in total. The average Bonchev–Trinajstić information content (AvgIpc) is 2.73. The van der Waals surface area contributed by atoms with Crippen molar-refractivity contribution in [3.05, 3.63) is 24.0 Å². The van der Waals surface area contributed by atoms with Crippen molar-refractivity contribution in [2.75, 3.05) is 0 Å². The molecular formula is C16H26N2O4. The molecule has 0 aliphatic rings. The number of carbonyl (C=O) groups excluding carboxylic acids is 1. The zero-order valence-electron chi connectivity index (χ0n) is 14.1. The van der Waals surface area contributed by atoms with E-state index in [1.54, 1.807) is 20.8 Å². The lowest BCUT2D eigenvalue weighted by Gasteiger charge is -2.26. The third-order valence-electron chi connectivity index (χ3n) is 2.96. The molecule has 0 spiro atoms. The predicted molar refractivity (Wildman–Crippen MR) is 83.9 cm³/mol. The van der Waals surface area contributed by atoms with Crippen LogP contribution in [-0.2, 0) is 21.5 Å². The van der Waals surface area contributed by atoms with Crippen molar-refractivity contribution in [2.24, 2.45) is 0 Å². The highest BCUT2D eigenvalue weighted by atomic mass is 16.6. The monoisotopic (exact) mass is 310 g/mol. The van der Waals surface area contributed by atoms with Crippen LogP contribution < -0.4 is 5.32 Å². The van der Waals surface area contributed by atoms with Gasteiger partial charge in [-0.2, -0.15) is 0 Å². The summed E-state index contributed by atoms with van der Waals surface area (Å²) in [6, 6.07) is 2.69. The fourth-order valence-electron chi connectivity index (χ4n) is 2.10. The maximum absolute atomic E-state index is 11.8. The lowest BCUT2D eigenvalue weighted by Crippen LogP contribution is -2.45. The third-order valence-corrected chi connectivity index (χ3v) is 2.96. The average molecular weight is 310 g/mol. The summed E-state index contributed by atoms with van der Waals surface area (Å²) in [5.41, 5.74) is 0.0167. The molecule has 1 rings (SSSR count). The lowest BCUT2D eigenvalue weighted by atomic mass is 10.1. The van der Waals surface area contributed by atoms with E-state index in [-0.39, 0.29) is 12.0 Å². The summed E-state index contributed by atoms with van der Waals surface area (Å²) in [5, 5.41) is 11.7. The van der Waals surface area contributed by atoms with Crippen LogP contribution >= 0.6 is 0 Å². The Labute approximate surface area is 131 Å². The van der Waals surface area contributed by atoms with Gasteiger partial charge < -0.3 is 19.7 Å². The van der Waals surface area contributed by atoms with Crippen LogP contribution in [0.25, 0.3) is 0 Å². The van der Waals surface area contributed by atoms with Gasteiger partial charge in [-0.15, -0.1) is 0 Å². The van der Waals surface area contributed by atoms with Crippen molar-refractivity contribution in [3.8, 4) is 0 Å². The molecule has 0 radical (unpaired) electrons. The van der Waals surface area contributed by atoms with Crippen LogP contribution in [0.15, 0.2) is 18.3 Å². The smallest absolute Gasteiger partial charge is 0.408 e. The van der Waals surface area contributed by atoms with Crippen LogP contribution in [0.1, 0.15) is 47.2 Å². The molecule has 2 N–H and O–H groups in total. The minimum Gasteiger partial charge on any atom is -0.480 e. The van der Waals surface area contributed by atoms with Gasteiger partial charge in [-0.05, 0) is 53.7 Å². The number of aromatic nitrogens is 1. The van der Waals surface area contributed by atoms with Crippen LogP contribution in [0.5, 0.6) is 0 Å². The van der Waals surface area contributed by atoms with Crippen molar-refractivity contribution in [1.82, 2.24) is 9.88 Å². The molecular weight excluding hydrogens is 284 g/mol. The van der Waals surface area contributed by atoms with Crippen LogP contribution in [0.2, 0.25) is 0 Å². The van der Waals surface area contributed by atoms with Crippen molar-refractivity contribution >= 4 is 12.1 Å². The predicted octanol–water partition coefficient (Wildman–Crippen LogP) is 2.76. The Balaban J connectivity index is 2.84. The van der Waals surface area contributed by atoms with E-state index >= 15 is 0 Å². The molecule has 1 atom stereocenters. The molecule has 1 amide bonds. The van der Waals surface area contributed by atoms with E-state index in [1.165, 1.54) is 0 Å². The Hall–Kier alpha value is -1.98. The van der Waals surface area contributed by atoms with Gasteiger partial charge in [-0.3, -0.25) is 0 Å². The highest BCUT2D eigenvalue weighted by Crippen LogP contribution is 2.19. The van der Waals surface area contributed by atoms with Crippen LogP contribution in [-0.4, -0.2) is 33.4 Å². The SMILES string of the molecule is CC(C)(C)OC(=O)NC(Cc1cccn1C(C)(C)C)C(=O)O. The Morgan fingerprint density at radius 1 is 1.27 bits per heavy atom. The molecule has 0 fully saturated rings. The van der Waals surface area contributed by atoms with Gasteiger partial charge >= 0.3 is 12.1 Å². The number of alkyl carbamates (subject to hydrolysis) is 1. The van der Waals surface area contributed by atoms with Crippen molar-refractivity contribution < 1.29 is 19.4 Å². The summed E-state index contributed by atoms with van der Waals surface area (Å²) in [6.07, 6.45) is 1.37. The van der Waals surface area contributed by atoms with Gasteiger partial charge in [0.25, 0.3) is 0 Å². The largest absolute Gasteiger partial charge is 0.480 e. The first-order valence-corrected chi connectivity index (χ1v) is 7.29. The number of nitrogens with one attached hydrogen (secondary N) is 1. The molecule has 1 aromatic heterocycles. The van der Waals surface area contributed by atoms with Gasteiger partial charge in [0.2, 0.25) is 0 Å².